The van der Waals surface area contributed by atoms with E-state index < -0.39 is 18.0 Å². The standard InChI is InChI=1S/C23H19NO5/c1-15(25)28-20-13-11-17(12-14-20)16-7-9-19(10-8-16)23(27)29-21(22(24)26)18-5-3-2-4-6-18/h2-14,21H,1H3,(H2,24,26). The first-order valence-electron chi connectivity index (χ1n) is 8.88. The van der Waals surface area contributed by atoms with E-state index in [1.54, 1.807) is 66.7 Å². The van der Waals surface area contributed by atoms with E-state index in [9.17, 15) is 14.4 Å². The Morgan fingerprint density at radius 2 is 1.34 bits per heavy atom. The molecule has 0 fully saturated rings. The van der Waals surface area contributed by atoms with E-state index >= 15 is 0 Å². The Balaban J connectivity index is 1.73. The normalized spacial score (nSPS) is 11.3. The molecule has 3 aromatic rings. The summed E-state index contributed by atoms with van der Waals surface area (Å²) in [7, 11) is 0. The summed E-state index contributed by atoms with van der Waals surface area (Å²) >= 11 is 0. The van der Waals surface area contributed by atoms with Crippen LogP contribution < -0.4 is 10.5 Å². The van der Waals surface area contributed by atoms with E-state index in [0.717, 1.165) is 11.1 Å². The first-order chi connectivity index (χ1) is 13.9. The molecule has 0 aliphatic carbocycles. The van der Waals surface area contributed by atoms with Crippen LogP contribution in [0.2, 0.25) is 0 Å². The average Bonchev–Trinajstić information content (AvgIpc) is 2.72. The van der Waals surface area contributed by atoms with Crippen LogP contribution in [0.3, 0.4) is 0 Å². The molecular weight excluding hydrogens is 370 g/mol. The minimum absolute atomic E-state index is 0.299. The molecule has 0 aliphatic rings. The molecule has 3 aromatic carbocycles. The molecule has 1 atom stereocenters. The van der Waals surface area contributed by atoms with Crippen LogP contribution in [0.5, 0.6) is 5.75 Å². The monoisotopic (exact) mass is 389 g/mol. The van der Waals surface area contributed by atoms with Crippen molar-refractivity contribution in [3.8, 4) is 16.9 Å². The van der Waals surface area contributed by atoms with Crippen molar-refractivity contribution in [3.05, 3.63) is 90.0 Å². The van der Waals surface area contributed by atoms with Crippen LogP contribution in [0.25, 0.3) is 11.1 Å². The van der Waals surface area contributed by atoms with Gasteiger partial charge in [0.05, 0.1) is 5.56 Å². The highest BCUT2D eigenvalue weighted by Gasteiger charge is 2.23. The third-order valence-corrected chi connectivity index (χ3v) is 4.16. The van der Waals surface area contributed by atoms with Gasteiger partial charge in [0.1, 0.15) is 5.75 Å². The second-order valence-corrected chi connectivity index (χ2v) is 6.29. The summed E-state index contributed by atoms with van der Waals surface area (Å²) < 4.78 is 10.3. The molecular formula is C23H19NO5. The number of esters is 2. The molecule has 0 saturated heterocycles. The van der Waals surface area contributed by atoms with Crippen molar-refractivity contribution in [1.82, 2.24) is 0 Å². The molecule has 2 N–H and O–H groups in total. The Hall–Kier alpha value is -3.93. The lowest BCUT2D eigenvalue weighted by Crippen LogP contribution is -2.26. The lowest BCUT2D eigenvalue weighted by molar-refractivity contribution is -0.132. The SMILES string of the molecule is CC(=O)Oc1ccc(-c2ccc(C(=O)OC(C(N)=O)c3ccccc3)cc2)cc1. The van der Waals surface area contributed by atoms with E-state index in [1.807, 2.05) is 12.1 Å². The van der Waals surface area contributed by atoms with Gasteiger partial charge in [0.15, 0.2) is 0 Å². The van der Waals surface area contributed by atoms with Crippen LogP contribution in [0.15, 0.2) is 78.9 Å². The fourth-order valence-electron chi connectivity index (χ4n) is 2.77. The molecule has 0 bridgehead atoms. The summed E-state index contributed by atoms with van der Waals surface area (Å²) in [4.78, 5) is 35.1. The Bertz CT molecular complexity index is 1010. The number of carbonyl (C=O) groups excluding carboxylic acids is 3. The maximum Gasteiger partial charge on any atom is 0.339 e. The van der Waals surface area contributed by atoms with Crippen LogP contribution in [0.1, 0.15) is 28.9 Å². The van der Waals surface area contributed by atoms with Gasteiger partial charge in [-0.2, -0.15) is 0 Å². The Kier molecular flexibility index (Phi) is 6.04. The van der Waals surface area contributed by atoms with E-state index in [1.165, 1.54) is 6.92 Å². The van der Waals surface area contributed by atoms with E-state index in [0.29, 0.717) is 16.9 Å². The highest BCUT2D eigenvalue weighted by Crippen LogP contribution is 2.24. The van der Waals surface area contributed by atoms with Crippen molar-refractivity contribution in [2.24, 2.45) is 5.73 Å². The summed E-state index contributed by atoms with van der Waals surface area (Å²) in [5, 5.41) is 0. The molecule has 0 aromatic heterocycles. The van der Waals surface area contributed by atoms with Crippen molar-refractivity contribution in [1.29, 1.82) is 0 Å². The molecule has 6 heteroatoms. The maximum atomic E-state index is 12.4. The molecule has 0 saturated carbocycles. The number of nitrogens with two attached hydrogens (primary N) is 1. The summed E-state index contributed by atoms with van der Waals surface area (Å²) in [6.45, 7) is 1.34. The fourth-order valence-corrected chi connectivity index (χ4v) is 2.77. The molecule has 6 nitrogen and oxygen atoms in total. The largest absolute Gasteiger partial charge is 0.444 e. The molecule has 1 amide bonds. The summed E-state index contributed by atoms with van der Waals surface area (Å²) in [6.07, 6.45) is -1.16. The minimum atomic E-state index is -1.16. The molecule has 3 rings (SSSR count). The van der Waals surface area contributed by atoms with Gasteiger partial charge in [0, 0.05) is 12.5 Å². The topological polar surface area (TPSA) is 95.7 Å². The van der Waals surface area contributed by atoms with Crippen LogP contribution in [0, 0.1) is 0 Å². The molecule has 0 spiro atoms. The number of hydrogen-bond donors (Lipinski definition) is 1. The predicted molar refractivity (Wildman–Crippen MR) is 107 cm³/mol. The second kappa shape index (κ2) is 8.84. The van der Waals surface area contributed by atoms with Gasteiger partial charge < -0.3 is 15.2 Å². The number of primary amides is 1. The lowest BCUT2D eigenvalue weighted by atomic mass is 10.0. The summed E-state index contributed by atoms with van der Waals surface area (Å²) in [5.74, 6) is -1.31. The van der Waals surface area contributed by atoms with Crippen LogP contribution in [-0.4, -0.2) is 17.8 Å². The van der Waals surface area contributed by atoms with E-state index in [4.69, 9.17) is 15.2 Å². The number of hydrogen-bond acceptors (Lipinski definition) is 5. The van der Waals surface area contributed by atoms with Crippen molar-refractivity contribution < 1.29 is 23.9 Å². The smallest absolute Gasteiger partial charge is 0.339 e. The maximum absolute atomic E-state index is 12.4. The lowest BCUT2D eigenvalue weighted by Gasteiger charge is -2.15. The molecule has 146 valence electrons. The van der Waals surface area contributed by atoms with Gasteiger partial charge in [-0.05, 0) is 35.4 Å². The molecule has 0 aliphatic heterocycles. The van der Waals surface area contributed by atoms with Gasteiger partial charge in [-0.1, -0.05) is 54.6 Å². The van der Waals surface area contributed by atoms with Gasteiger partial charge in [-0.15, -0.1) is 0 Å². The van der Waals surface area contributed by atoms with Crippen molar-refractivity contribution in [3.63, 3.8) is 0 Å². The van der Waals surface area contributed by atoms with Crippen molar-refractivity contribution in [2.75, 3.05) is 0 Å². The van der Waals surface area contributed by atoms with Gasteiger partial charge in [-0.25, -0.2) is 4.79 Å². The van der Waals surface area contributed by atoms with Crippen LogP contribution >= 0.6 is 0 Å². The zero-order chi connectivity index (χ0) is 20.8. The Morgan fingerprint density at radius 3 is 1.86 bits per heavy atom. The van der Waals surface area contributed by atoms with Crippen molar-refractivity contribution in [2.45, 2.75) is 13.0 Å². The summed E-state index contributed by atoms with van der Waals surface area (Å²) in [6, 6.07) is 22.4. The zero-order valence-electron chi connectivity index (χ0n) is 15.7. The first-order valence-corrected chi connectivity index (χ1v) is 8.88. The minimum Gasteiger partial charge on any atom is -0.444 e. The molecule has 0 heterocycles. The number of rotatable bonds is 6. The van der Waals surface area contributed by atoms with Crippen LogP contribution in [-0.2, 0) is 14.3 Å². The first kappa shape index (κ1) is 19.8. The van der Waals surface area contributed by atoms with Gasteiger partial charge in [0.2, 0.25) is 6.10 Å². The number of carbonyl (C=O) groups is 3. The molecule has 1 unspecified atom stereocenters. The van der Waals surface area contributed by atoms with E-state index in [2.05, 4.69) is 0 Å². The second-order valence-electron chi connectivity index (χ2n) is 6.29. The highest BCUT2D eigenvalue weighted by atomic mass is 16.5. The Morgan fingerprint density at radius 1 is 0.793 bits per heavy atom. The van der Waals surface area contributed by atoms with Gasteiger partial charge >= 0.3 is 11.9 Å². The number of amides is 1. The van der Waals surface area contributed by atoms with E-state index in [-0.39, 0.29) is 5.97 Å². The number of ether oxygens (including phenoxy) is 2. The molecule has 29 heavy (non-hydrogen) atoms. The number of benzene rings is 3. The zero-order valence-corrected chi connectivity index (χ0v) is 15.7. The summed E-state index contributed by atoms with van der Waals surface area (Å²) in [5.41, 5.74) is 7.96. The average molecular weight is 389 g/mol. The molecule has 0 radical (unpaired) electrons. The predicted octanol–water partition coefficient (Wildman–Crippen LogP) is 3.66. The highest BCUT2D eigenvalue weighted by molar-refractivity contribution is 5.92. The van der Waals surface area contributed by atoms with Crippen LogP contribution in [0.4, 0.5) is 0 Å². The quantitative estimate of drug-likeness (QED) is 0.513. The Labute approximate surface area is 167 Å². The van der Waals surface area contributed by atoms with Gasteiger partial charge in [-0.3, -0.25) is 9.59 Å². The fraction of sp³-hybridized carbons (Fsp3) is 0.0870. The third kappa shape index (κ3) is 5.07. The third-order valence-electron chi connectivity index (χ3n) is 4.16. The van der Waals surface area contributed by atoms with Crippen molar-refractivity contribution >= 4 is 17.8 Å². The van der Waals surface area contributed by atoms with Gasteiger partial charge in [0.25, 0.3) is 5.91 Å².